The van der Waals surface area contributed by atoms with E-state index in [0.717, 1.165) is 25.1 Å². The molecule has 0 radical (unpaired) electrons. The highest BCUT2D eigenvalue weighted by Gasteiger charge is 2.23. The molecule has 0 amide bonds. The summed E-state index contributed by atoms with van der Waals surface area (Å²) >= 11 is 0. The molecule has 3 nitrogen and oxygen atoms in total. The Morgan fingerprint density at radius 1 is 1.44 bits per heavy atom. The second kappa shape index (κ2) is 6.86. The number of nitrogens with zero attached hydrogens (tertiary/aromatic N) is 1. The van der Waals surface area contributed by atoms with Gasteiger partial charge < -0.3 is 10.1 Å². The van der Waals surface area contributed by atoms with Crippen molar-refractivity contribution in [3.63, 3.8) is 0 Å². The number of hydrogen-bond donors (Lipinski definition) is 1. The van der Waals surface area contributed by atoms with E-state index < -0.39 is 0 Å². The average molecular weight is 248 g/mol. The molecule has 1 aromatic rings. The van der Waals surface area contributed by atoms with Crippen molar-refractivity contribution in [3.8, 4) is 0 Å². The topological polar surface area (TPSA) is 34.1 Å². The van der Waals surface area contributed by atoms with Crippen LogP contribution in [0.25, 0.3) is 0 Å². The Hall–Kier alpha value is -0.930. The maximum Gasteiger partial charge on any atom is 0.0731 e. The first-order valence-electron chi connectivity index (χ1n) is 7.06. The number of nitrogens with one attached hydrogen (secondary N) is 1. The molecule has 100 valence electrons. The number of hydrogen-bond acceptors (Lipinski definition) is 3. The number of ether oxygens (including phenoxy) is 1. The Bertz CT molecular complexity index is 344. The van der Waals surface area contributed by atoms with Crippen molar-refractivity contribution in [1.82, 2.24) is 10.3 Å². The highest BCUT2D eigenvalue weighted by molar-refractivity contribution is 5.15. The lowest BCUT2D eigenvalue weighted by molar-refractivity contribution is -0.00605. The fraction of sp³-hybridized carbons (Fsp3) is 0.667. The van der Waals surface area contributed by atoms with E-state index in [1.54, 1.807) is 0 Å². The summed E-state index contributed by atoms with van der Waals surface area (Å²) in [6.07, 6.45) is 7.99. The van der Waals surface area contributed by atoms with Gasteiger partial charge >= 0.3 is 0 Å². The van der Waals surface area contributed by atoms with E-state index >= 15 is 0 Å². The second-order valence-electron chi connectivity index (χ2n) is 5.02. The number of aromatic nitrogens is 1. The minimum absolute atomic E-state index is 0.344. The molecule has 1 N–H and O–H groups in total. The molecule has 2 heterocycles. The molecule has 0 aromatic carbocycles. The molecule has 0 aliphatic carbocycles. The van der Waals surface area contributed by atoms with E-state index in [4.69, 9.17) is 4.74 Å². The number of rotatable bonds is 5. The summed E-state index contributed by atoms with van der Waals surface area (Å²) in [6, 6.07) is 4.70. The molecule has 2 atom stereocenters. The monoisotopic (exact) mass is 248 g/mol. The molecule has 0 bridgehead atoms. The third-order valence-electron chi connectivity index (χ3n) is 3.76. The van der Waals surface area contributed by atoms with Crippen LogP contribution in [0.15, 0.2) is 18.3 Å². The van der Waals surface area contributed by atoms with Gasteiger partial charge in [0.25, 0.3) is 0 Å². The van der Waals surface area contributed by atoms with Crippen molar-refractivity contribution in [2.75, 3.05) is 13.7 Å². The van der Waals surface area contributed by atoms with E-state index in [9.17, 15) is 0 Å². The summed E-state index contributed by atoms with van der Waals surface area (Å²) in [6.45, 7) is 3.06. The van der Waals surface area contributed by atoms with Crippen molar-refractivity contribution in [1.29, 1.82) is 0 Å². The van der Waals surface area contributed by atoms with Crippen LogP contribution in [0.3, 0.4) is 0 Å². The van der Waals surface area contributed by atoms with Crippen molar-refractivity contribution in [2.24, 2.45) is 0 Å². The Morgan fingerprint density at radius 2 is 2.33 bits per heavy atom. The first-order chi connectivity index (χ1) is 8.83. The fourth-order valence-corrected chi connectivity index (χ4v) is 2.51. The number of likely N-dealkylation sites (N-methyl/N-ethyl adjacent to an activating group) is 1. The number of aryl methyl sites for hydroxylation is 1. The van der Waals surface area contributed by atoms with Gasteiger partial charge in [-0.15, -0.1) is 0 Å². The fourth-order valence-electron chi connectivity index (χ4n) is 2.51. The summed E-state index contributed by atoms with van der Waals surface area (Å²) in [5, 5.41) is 3.38. The third-order valence-corrected chi connectivity index (χ3v) is 3.76. The third kappa shape index (κ3) is 3.53. The van der Waals surface area contributed by atoms with Crippen LogP contribution in [-0.2, 0) is 17.6 Å². The zero-order valence-corrected chi connectivity index (χ0v) is 11.5. The molecule has 1 aliphatic rings. The molecule has 1 saturated heterocycles. The smallest absolute Gasteiger partial charge is 0.0731 e. The summed E-state index contributed by atoms with van der Waals surface area (Å²) < 4.78 is 5.86. The lowest BCUT2D eigenvalue weighted by Crippen LogP contribution is -2.42. The van der Waals surface area contributed by atoms with E-state index in [-0.39, 0.29) is 0 Å². The van der Waals surface area contributed by atoms with Crippen LogP contribution in [0.5, 0.6) is 0 Å². The molecule has 0 saturated carbocycles. The normalized spacial score (nSPS) is 21.8. The molecule has 2 unspecified atom stereocenters. The summed E-state index contributed by atoms with van der Waals surface area (Å²) in [5.41, 5.74) is 2.45. The van der Waals surface area contributed by atoms with Crippen LogP contribution in [0.4, 0.5) is 0 Å². The van der Waals surface area contributed by atoms with Crippen LogP contribution in [0.1, 0.15) is 37.4 Å². The first kappa shape index (κ1) is 13.5. The van der Waals surface area contributed by atoms with Gasteiger partial charge in [0.15, 0.2) is 0 Å². The van der Waals surface area contributed by atoms with Gasteiger partial charge in [-0.05, 0) is 44.4 Å². The van der Waals surface area contributed by atoms with Crippen LogP contribution in [0.2, 0.25) is 0 Å². The first-order valence-corrected chi connectivity index (χ1v) is 7.06. The Balaban J connectivity index is 1.95. The van der Waals surface area contributed by atoms with Gasteiger partial charge in [0.2, 0.25) is 0 Å². The van der Waals surface area contributed by atoms with E-state index in [0.29, 0.717) is 12.1 Å². The SMILES string of the molecule is CCc1ccc(CC(NC)C2CCCCO2)nc1. The maximum absolute atomic E-state index is 5.86. The van der Waals surface area contributed by atoms with Crippen molar-refractivity contribution < 1.29 is 4.74 Å². The van der Waals surface area contributed by atoms with Gasteiger partial charge in [0, 0.05) is 31.0 Å². The van der Waals surface area contributed by atoms with E-state index in [2.05, 4.69) is 29.4 Å². The molecule has 1 fully saturated rings. The van der Waals surface area contributed by atoms with Gasteiger partial charge in [-0.1, -0.05) is 13.0 Å². The van der Waals surface area contributed by atoms with Crippen molar-refractivity contribution in [3.05, 3.63) is 29.6 Å². The maximum atomic E-state index is 5.86. The van der Waals surface area contributed by atoms with Gasteiger partial charge in [-0.2, -0.15) is 0 Å². The van der Waals surface area contributed by atoms with Gasteiger partial charge in [0.05, 0.1) is 6.10 Å². The van der Waals surface area contributed by atoms with Gasteiger partial charge in [-0.25, -0.2) is 0 Å². The predicted molar refractivity (Wildman–Crippen MR) is 73.8 cm³/mol. The highest BCUT2D eigenvalue weighted by Crippen LogP contribution is 2.18. The lowest BCUT2D eigenvalue weighted by atomic mass is 9.98. The Labute approximate surface area is 110 Å². The summed E-state index contributed by atoms with van der Waals surface area (Å²) in [7, 11) is 2.02. The van der Waals surface area contributed by atoms with Gasteiger partial charge in [0.1, 0.15) is 0 Å². The molecular formula is C15H24N2O. The standard InChI is InChI=1S/C15H24N2O/c1-3-12-7-8-13(17-11-12)10-14(16-2)15-6-4-5-9-18-15/h7-8,11,14-16H,3-6,9-10H2,1-2H3. The lowest BCUT2D eigenvalue weighted by Gasteiger charge is -2.30. The molecule has 1 aromatic heterocycles. The molecule has 18 heavy (non-hydrogen) atoms. The molecule has 3 heteroatoms. The van der Waals surface area contributed by atoms with Crippen molar-refractivity contribution in [2.45, 2.75) is 51.2 Å². The van der Waals surface area contributed by atoms with Crippen molar-refractivity contribution >= 4 is 0 Å². The van der Waals surface area contributed by atoms with Crippen LogP contribution in [0, 0.1) is 0 Å². The molecule has 0 spiro atoms. The Morgan fingerprint density at radius 3 is 2.89 bits per heavy atom. The molecule has 2 rings (SSSR count). The number of pyridine rings is 1. The highest BCUT2D eigenvalue weighted by atomic mass is 16.5. The van der Waals surface area contributed by atoms with Crippen LogP contribution >= 0.6 is 0 Å². The zero-order chi connectivity index (χ0) is 12.8. The van der Waals surface area contributed by atoms with Crippen LogP contribution in [-0.4, -0.2) is 30.8 Å². The quantitative estimate of drug-likeness (QED) is 0.868. The zero-order valence-electron chi connectivity index (χ0n) is 11.5. The summed E-state index contributed by atoms with van der Waals surface area (Å²) in [4.78, 5) is 4.54. The largest absolute Gasteiger partial charge is 0.377 e. The minimum Gasteiger partial charge on any atom is -0.377 e. The van der Waals surface area contributed by atoms with E-state index in [1.165, 1.54) is 24.8 Å². The van der Waals surface area contributed by atoms with Crippen LogP contribution < -0.4 is 5.32 Å². The average Bonchev–Trinajstić information content (AvgIpc) is 2.46. The summed E-state index contributed by atoms with van der Waals surface area (Å²) in [5.74, 6) is 0. The molecular weight excluding hydrogens is 224 g/mol. The molecule has 1 aliphatic heterocycles. The minimum atomic E-state index is 0.344. The van der Waals surface area contributed by atoms with E-state index in [1.807, 2.05) is 13.2 Å². The Kier molecular flexibility index (Phi) is 5.14. The predicted octanol–water partition coefficient (Wildman–Crippen LogP) is 2.34. The second-order valence-corrected chi connectivity index (χ2v) is 5.02. The van der Waals surface area contributed by atoms with Gasteiger partial charge in [-0.3, -0.25) is 4.98 Å².